The van der Waals surface area contributed by atoms with Crippen molar-refractivity contribution >= 4 is 16.9 Å². The smallest absolute Gasteiger partial charge is 0.223 e. The van der Waals surface area contributed by atoms with Crippen LogP contribution in [0.15, 0.2) is 84.9 Å². The second-order valence-electron chi connectivity index (χ2n) is 9.18. The molecule has 1 aliphatic rings. The molecule has 1 saturated heterocycles. The monoisotopic (exact) mass is 437 g/mol. The zero-order valence-electron chi connectivity index (χ0n) is 19.2. The molecule has 33 heavy (non-hydrogen) atoms. The van der Waals surface area contributed by atoms with E-state index in [9.17, 15) is 4.79 Å². The molecule has 0 aliphatic carbocycles. The van der Waals surface area contributed by atoms with Crippen LogP contribution in [-0.2, 0) is 11.2 Å². The normalized spacial score (nSPS) is 15.6. The molecule has 0 N–H and O–H groups in total. The maximum atomic E-state index is 13.0. The Morgan fingerprint density at radius 2 is 1.55 bits per heavy atom. The van der Waals surface area contributed by atoms with Gasteiger partial charge in [0.25, 0.3) is 0 Å². The van der Waals surface area contributed by atoms with Gasteiger partial charge in [0.1, 0.15) is 5.82 Å². The number of piperidine rings is 1. The second kappa shape index (κ2) is 9.62. The summed E-state index contributed by atoms with van der Waals surface area (Å²) < 4.78 is 2.44. The van der Waals surface area contributed by atoms with Gasteiger partial charge in [0.05, 0.1) is 11.0 Å². The SMILES string of the molecule is C[C@@H](CC(=O)N1CCC(n2c(Cc3ccccc3)nc3ccccc32)CC1)c1ccccc1. The third-order valence-electron chi connectivity index (χ3n) is 6.91. The molecule has 168 valence electrons. The molecule has 5 rings (SSSR count). The minimum Gasteiger partial charge on any atom is -0.343 e. The van der Waals surface area contributed by atoms with Gasteiger partial charge in [-0.1, -0.05) is 79.7 Å². The largest absolute Gasteiger partial charge is 0.343 e. The van der Waals surface area contributed by atoms with Crippen molar-refractivity contribution in [3.8, 4) is 0 Å². The Morgan fingerprint density at radius 1 is 0.909 bits per heavy atom. The number of hydrogen-bond acceptors (Lipinski definition) is 2. The molecule has 1 atom stereocenters. The summed E-state index contributed by atoms with van der Waals surface area (Å²) in [4.78, 5) is 20.1. The van der Waals surface area contributed by atoms with Crippen LogP contribution in [0.25, 0.3) is 11.0 Å². The van der Waals surface area contributed by atoms with Gasteiger partial charge < -0.3 is 9.47 Å². The van der Waals surface area contributed by atoms with Gasteiger partial charge in [0.2, 0.25) is 5.91 Å². The quantitative estimate of drug-likeness (QED) is 0.372. The van der Waals surface area contributed by atoms with Crippen LogP contribution in [-0.4, -0.2) is 33.4 Å². The molecule has 0 radical (unpaired) electrons. The second-order valence-corrected chi connectivity index (χ2v) is 9.18. The number of likely N-dealkylation sites (tertiary alicyclic amines) is 1. The van der Waals surface area contributed by atoms with Gasteiger partial charge in [0, 0.05) is 32.0 Å². The molecular weight excluding hydrogens is 406 g/mol. The first-order valence-electron chi connectivity index (χ1n) is 12.0. The van der Waals surface area contributed by atoms with Crippen LogP contribution in [0, 0.1) is 0 Å². The van der Waals surface area contributed by atoms with E-state index in [0.717, 1.165) is 43.7 Å². The fourth-order valence-corrected chi connectivity index (χ4v) is 5.07. The molecular formula is C29H31N3O. The molecule has 1 aromatic heterocycles. The van der Waals surface area contributed by atoms with Gasteiger partial charge in [-0.2, -0.15) is 0 Å². The van der Waals surface area contributed by atoms with E-state index in [0.29, 0.717) is 12.5 Å². The number of benzene rings is 3. The summed E-state index contributed by atoms with van der Waals surface area (Å²) in [6.45, 7) is 3.76. The van der Waals surface area contributed by atoms with Crippen molar-refractivity contribution in [2.45, 2.75) is 44.6 Å². The summed E-state index contributed by atoms with van der Waals surface area (Å²) in [7, 11) is 0. The van der Waals surface area contributed by atoms with Crippen LogP contribution < -0.4 is 0 Å². The Labute approximate surface area is 195 Å². The van der Waals surface area contributed by atoms with Crippen molar-refractivity contribution in [2.75, 3.05) is 13.1 Å². The van der Waals surface area contributed by atoms with E-state index in [2.05, 4.69) is 83.1 Å². The van der Waals surface area contributed by atoms with Gasteiger partial charge in [-0.3, -0.25) is 4.79 Å². The Balaban J connectivity index is 1.30. The average Bonchev–Trinajstić information content (AvgIpc) is 3.23. The number of carbonyl (C=O) groups is 1. The average molecular weight is 438 g/mol. The summed E-state index contributed by atoms with van der Waals surface area (Å²) in [5, 5.41) is 0. The lowest BCUT2D eigenvalue weighted by molar-refractivity contribution is -0.132. The number of imidazole rings is 1. The molecule has 1 amide bonds. The highest BCUT2D eigenvalue weighted by molar-refractivity contribution is 5.78. The number of aromatic nitrogens is 2. The molecule has 0 saturated carbocycles. The fourth-order valence-electron chi connectivity index (χ4n) is 5.07. The molecule has 3 aromatic carbocycles. The third kappa shape index (κ3) is 4.70. The van der Waals surface area contributed by atoms with Gasteiger partial charge in [-0.25, -0.2) is 4.98 Å². The van der Waals surface area contributed by atoms with Gasteiger partial charge in [-0.05, 0) is 42.0 Å². The van der Waals surface area contributed by atoms with E-state index < -0.39 is 0 Å². The molecule has 0 spiro atoms. The predicted molar refractivity (Wildman–Crippen MR) is 133 cm³/mol. The molecule has 1 fully saturated rings. The van der Waals surface area contributed by atoms with E-state index in [4.69, 9.17) is 4.98 Å². The van der Waals surface area contributed by atoms with Gasteiger partial charge in [-0.15, -0.1) is 0 Å². The number of rotatable bonds is 6. The van der Waals surface area contributed by atoms with Crippen molar-refractivity contribution in [3.05, 3.63) is 102 Å². The van der Waals surface area contributed by atoms with Crippen molar-refractivity contribution in [2.24, 2.45) is 0 Å². The molecule has 4 aromatic rings. The zero-order valence-corrected chi connectivity index (χ0v) is 19.2. The highest BCUT2D eigenvalue weighted by atomic mass is 16.2. The van der Waals surface area contributed by atoms with E-state index in [1.165, 1.54) is 16.6 Å². The lowest BCUT2D eigenvalue weighted by Crippen LogP contribution is -2.39. The fraction of sp³-hybridized carbons (Fsp3) is 0.310. The molecule has 0 unspecified atom stereocenters. The van der Waals surface area contributed by atoms with Crippen molar-refractivity contribution in [3.63, 3.8) is 0 Å². The summed E-state index contributed by atoms with van der Waals surface area (Å²) in [5.41, 5.74) is 4.76. The Morgan fingerprint density at radius 3 is 2.27 bits per heavy atom. The number of nitrogens with zero attached hydrogens (tertiary/aromatic N) is 3. The third-order valence-corrected chi connectivity index (χ3v) is 6.91. The van der Waals surface area contributed by atoms with E-state index in [1.54, 1.807) is 0 Å². The highest BCUT2D eigenvalue weighted by Crippen LogP contribution is 2.31. The highest BCUT2D eigenvalue weighted by Gasteiger charge is 2.27. The number of hydrogen-bond donors (Lipinski definition) is 0. The van der Waals surface area contributed by atoms with Crippen LogP contribution >= 0.6 is 0 Å². The summed E-state index contributed by atoms with van der Waals surface area (Å²) >= 11 is 0. The number of amides is 1. The van der Waals surface area contributed by atoms with Gasteiger partial charge in [0.15, 0.2) is 0 Å². The predicted octanol–water partition coefficient (Wildman–Crippen LogP) is 5.98. The molecule has 4 heteroatoms. The topological polar surface area (TPSA) is 38.1 Å². The van der Waals surface area contributed by atoms with Gasteiger partial charge >= 0.3 is 0 Å². The Kier molecular flexibility index (Phi) is 6.25. The summed E-state index contributed by atoms with van der Waals surface area (Å²) in [6, 6.07) is 29.7. The first kappa shape index (κ1) is 21.4. The van der Waals surface area contributed by atoms with Crippen LogP contribution in [0.4, 0.5) is 0 Å². The van der Waals surface area contributed by atoms with Crippen LogP contribution in [0.5, 0.6) is 0 Å². The van der Waals surface area contributed by atoms with Crippen molar-refractivity contribution in [1.29, 1.82) is 0 Å². The van der Waals surface area contributed by atoms with Crippen molar-refractivity contribution < 1.29 is 4.79 Å². The first-order valence-corrected chi connectivity index (χ1v) is 12.0. The van der Waals surface area contributed by atoms with Crippen molar-refractivity contribution in [1.82, 2.24) is 14.5 Å². The molecule has 0 bridgehead atoms. The first-order chi connectivity index (χ1) is 16.2. The number of para-hydroxylation sites is 2. The minimum atomic E-state index is 0.242. The minimum absolute atomic E-state index is 0.242. The van der Waals surface area contributed by atoms with E-state index in [1.807, 2.05) is 18.2 Å². The zero-order chi connectivity index (χ0) is 22.6. The number of fused-ring (bicyclic) bond motifs is 1. The Hall–Kier alpha value is -3.40. The molecule has 2 heterocycles. The lowest BCUT2D eigenvalue weighted by Gasteiger charge is -2.34. The maximum Gasteiger partial charge on any atom is 0.223 e. The van der Waals surface area contributed by atoms with E-state index >= 15 is 0 Å². The van der Waals surface area contributed by atoms with E-state index in [-0.39, 0.29) is 11.8 Å². The lowest BCUT2D eigenvalue weighted by atomic mass is 9.96. The van der Waals surface area contributed by atoms with Crippen LogP contribution in [0.2, 0.25) is 0 Å². The number of carbonyl (C=O) groups excluding carboxylic acids is 1. The molecule has 1 aliphatic heterocycles. The molecule has 4 nitrogen and oxygen atoms in total. The standard InChI is InChI=1S/C29H31N3O/c1-22(24-12-6-3-7-13-24)20-29(33)31-18-16-25(17-19-31)32-27-15-9-8-14-26(27)30-28(32)21-23-10-4-2-5-11-23/h2-15,22,25H,16-21H2,1H3/t22-/m0/s1. The maximum absolute atomic E-state index is 13.0. The summed E-state index contributed by atoms with van der Waals surface area (Å²) in [5.74, 6) is 1.63. The Bertz CT molecular complexity index is 1210. The van der Waals surface area contributed by atoms with Crippen LogP contribution in [0.1, 0.15) is 55.1 Å². The van der Waals surface area contributed by atoms with Crippen LogP contribution in [0.3, 0.4) is 0 Å². The summed E-state index contributed by atoms with van der Waals surface area (Å²) in [6.07, 6.45) is 3.33.